The van der Waals surface area contributed by atoms with Crippen molar-refractivity contribution in [3.63, 3.8) is 0 Å². The molecule has 1 amide bonds. The minimum absolute atomic E-state index is 0.153. The van der Waals surface area contributed by atoms with Crippen LogP contribution >= 0.6 is 0 Å². The first-order valence-electron chi connectivity index (χ1n) is 5.55. The van der Waals surface area contributed by atoms with E-state index in [-0.39, 0.29) is 5.91 Å². The Balaban J connectivity index is 3.66. The second kappa shape index (κ2) is 7.80. The van der Waals surface area contributed by atoms with Gasteiger partial charge in [-0.2, -0.15) is 0 Å². The van der Waals surface area contributed by atoms with Crippen molar-refractivity contribution in [3.05, 3.63) is 0 Å². The number of nitrogens with one attached hydrogen (secondary N) is 1. The molecular formula is C11H24N2O. The maximum Gasteiger partial charge on any atom is 0.236 e. The van der Waals surface area contributed by atoms with Crippen LogP contribution in [0.4, 0.5) is 0 Å². The Bertz CT molecular complexity index is 157. The summed E-state index contributed by atoms with van der Waals surface area (Å²) in [5.41, 5.74) is 0. The van der Waals surface area contributed by atoms with Gasteiger partial charge in [0.2, 0.25) is 5.91 Å². The molecule has 0 saturated carbocycles. The molecule has 0 aromatic rings. The number of rotatable bonds is 7. The summed E-state index contributed by atoms with van der Waals surface area (Å²) >= 11 is 0. The number of carbonyl (C=O) groups excluding carboxylic acids is 1. The summed E-state index contributed by atoms with van der Waals surface area (Å²) in [4.78, 5) is 12.9. The molecule has 0 heterocycles. The van der Waals surface area contributed by atoms with Crippen molar-refractivity contribution < 1.29 is 4.79 Å². The van der Waals surface area contributed by atoms with E-state index < -0.39 is 0 Å². The Morgan fingerprint density at radius 3 is 2.43 bits per heavy atom. The van der Waals surface area contributed by atoms with Crippen molar-refractivity contribution in [1.82, 2.24) is 10.2 Å². The van der Waals surface area contributed by atoms with Crippen LogP contribution in [-0.4, -0.2) is 37.5 Å². The molecule has 0 saturated heterocycles. The maximum atomic E-state index is 11.3. The van der Waals surface area contributed by atoms with Crippen molar-refractivity contribution in [2.45, 2.75) is 45.6 Å². The van der Waals surface area contributed by atoms with E-state index in [0.717, 1.165) is 6.42 Å². The smallest absolute Gasteiger partial charge is 0.236 e. The molecule has 3 nitrogen and oxygen atoms in total. The number of unbranched alkanes of at least 4 members (excludes halogenated alkanes) is 1. The first-order chi connectivity index (χ1) is 6.61. The zero-order valence-corrected chi connectivity index (χ0v) is 9.97. The molecule has 14 heavy (non-hydrogen) atoms. The zero-order valence-electron chi connectivity index (χ0n) is 9.97. The van der Waals surface area contributed by atoms with Crippen LogP contribution in [0.1, 0.15) is 39.5 Å². The average Bonchev–Trinajstić information content (AvgIpc) is 2.17. The van der Waals surface area contributed by atoms with Gasteiger partial charge in [-0.05, 0) is 12.8 Å². The summed E-state index contributed by atoms with van der Waals surface area (Å²) in [6.07, 6.45) is 4.73. The largest absolute Gasteiger partial charge is 0.348 e. The van der Waals surface area contributed by atoms with Crippen LogP contribution in [0.2, 0.25) is 0 Å². The molecule has 0 bridgehead atoms. The average molecular weight is 200 g/mol. The number of nitrogens with zero attached hydrogens (tertiary/aromatic N) is 1. The standard InChI is InChI=1S/C11H24N2O/c1-5-7-8-10(6-2)12-9-11(14)13(3)4/h10,12H,5-9H2,1-4H3. The Morgan fingerprint density at radius 2 is 2.00 bits per heavy atom. The van der Waals surface area contributed by atoms with Gasteiger partial charge in [-0.15, -0.1) is 0 Å². The van der Waals surface area contributed by atoms with Crippen molar-refractivity contribution in [1.29, 1.82) is 0 Å². The highest BCUT2D eigenvalue weighted by molar-refractivity contribution is 5.77. The van der Waals surface area contributed by atoms with Crippen LogP contribution in [0.25, 0.3) is 0 Å². The second-order valence-electron chi connectivity index (χ2n) is 3.92. The van der Waals surface area contributed by atoms with Crippen LogP contribution in [0, 0.1) is 0 Å². The molecule has 1 N–H and O–H groups in total. The Hall–Kier alpha value is -0.570. The highest BCUT2D eigenvalue weighted by atomic mass is 16.2. The minimum atomic E-state index is 0.153. The molecule has 84 valence electrons. The van der Waals surface area contributed by atoms with Crippen LogP contribution in [-0.2, 0) is 4.79 Å². The highest BCUT2D eigenvalue weighted by Crippen LogP contribution is 2.03. The summed E-state index contributed by atoms with van der Waals surface area (Å²) in [5.74, 6) is 0.153. The first kappa shape index (κ1) is 13.4. The summed E-state index contributed by atoms with van der Waals surface area (Å²) in [7, 11) is 3.58. The molecule has 0 aromatic heterocycles. The molecule has 0 aliphatic heterocycles. The van der Waals surface area contributed by atoms with Gasteiger partial charge in [0.25, 0.3) is 0 Å². The lowest BCUT2D eigenvalue weighted by Gasteiger charge is -2.18. The SMILES string of the molecule is CCCCC(CC)NCC(=O)N(C)C. The molecule has 0 radical (unpaired) electrons. The highest BCUT2D eigenvalue weighted by Gasteiger charge is 2.08. The van der Waals surface area contributed by atoms with Gasteiger partial charge in [0.1, 0.15) is 0 Å². The monoisotopic (exact) mass is 200 g/mol. The van der Waals surface area contributed by atoms with Gasteiger partial charge in [-0.3, -0.25) is 4.79 Å². The molecular weight excluding hydrogens is 176 g/mol. The van der Waals surface area contributed by atoms with Crippen molar-refractivity contribution >= 4 is 5.91 Å². The molecule has 0 aromatic carbocycles. The van der Waals surface area contributed by atoms with Gasteiger partial charge in [0.15, 0.2) is 0 Å². The third kappa shape index (κ3) is 5.97. The fraction of sp³-hybridized carbons (Fsp3) is 0.909. The van der Waals surface area contributed by atoms with Gasteiger partial charge >= 0.3 is 0 Å². The van der Waals surface area contributed by atoms with Crippen molar-refractivity contribution in [2.24, 2.45) is 0 Å². The summed E-state index contributed by atoms with van der Waals surface area (Å²) in [6.45, 7) is 4.82. The molecule has 0 aliphatic carbocycles. The molecule has 0 rings (SSSR count). The maximum absolute atomic E-state index is 11.3. The third-order valence-electron chi connectivity index (χ3n) is 2.44. The van der Waals surface area contributed by atoms with Crippen molar-refractivity contribution in [2.75, 3.05) is 20.6 Å². The predicted octanol–water partition coefficient (Wildman–Crippen LogP) is 1.63. The molecule has 1 atom stereocenters. The van der Waals surface area contributed by atoms with E-state index in [1.807, 2.05) is 0 Å². The van der Waals surface area contributed by atoms with E-state index in [2.05, 4.69) is 19.2 Å². The topological polar surface area (TPSA) is 32.3 Å². The number of likely N-dealkylation sites (N-methyl/N-ethyl adjacent to an activating group) is 1. The van der Waals surface area contributed by atoms with Crippen molar-refractivity contribution in [3.8, 4) is 0 Å². The predicted molar refractivity (Wildman–Crippen MR) is 60.3 cm³/mol. The quantitative estimate of drug-likeness (QED) is 0.677. The number of hydrogen-bond donors (Lipinski definition) is 1. The fourth-order valence-corrected chi connectivity index (χ4v) is 1.29. The van der Waals surface area contributed by atoms with E-state index in [0.29, 0.717) is 12.6 Å². The van der Waals surface area contributed by atoms with Gasteiger partial charge < -0.3 is 10.2 Å². The van der Waals surface area contributed by atoms with Crippen LogP contribution < -0.4 is 5.32 Å². The minimum Gasteiger partial charge on any atom is -0.348 e. The van der Waals surface area contributed by atoms with E-state index in [4.69, 9.17) is 0 Å². The van der Waals surface area contributed by atoms with Crippen LogP contribution in [0.3, 0.4) is 0 Å². The fourth-order valence-electron chi connectivity index (χ4n) is 1.29. The molecule has 0 fully saturated rings. The lowest BCUT2D eigenvalue weighted by atomic mass is 10.1. The van der Waals surface area contributed by atoms with E-state index >= 15 is 0 Å². The Kier molecular flexibility index (Phi) is 7.48. The molecule has 0 aliphatic rings. The van der Waals surface area contributed by atoms with E-state index in [1.54, 1.807) is 19.0 Å². The normalized spacial score (nSPS) is 12.6. The zero-order chi connectivity index (χ0) is 11.0. The molecule has 3 heteroatoms. The van der Waals surface area contributed by atoms with Gasteiger partial charge in [0, 0.05) is 20.1 Å². The second-order valence-corrected chi connectivity index (χ2v) is 3.92. The number of carbonyl (C=O) groups is 1. The van der Waals surface area contributed by atoms with Crippen LogP contribution in [0.15, 0.2) is 0 Å². The van der Waals surface area contributed by atoms with Gasteiger partial charge in [0.05, 0.1) is 6.54 Å². The number of hydrogen-bond acceptors (Lipinski definition) is 2. The Morgan fingerprint density at radius 1 is 1.36 bits per heavy atom. The van der Waals surface area contributed by atoms with E-state index in [1.165, 1.54) is 19.3 Å². The van der Waals surface area contributed by atoms with E-state index in [9.17, 15) is 4.79 Å². The summed E-state index contributed by atoms with van der Waals surface area (Å²) in [5, 5.41) is 3.29. The van der Waals surface area contributed by atoms with Gasteiger partial charge in [-0.25, -0.2) is 0 Å². The van der Waals surface area contributed by atoms with Crippen LogP contribution in [0.5, 0.6) is 0 Å². The molecule has 0 spiro atoms. The Labute approximate surface area is 87.9 Å². The lowest BCUT2D eigenvalue weighted by Crippen LogP contribution is -2.38. The third-order valence-corrected chi connectivity index (χ3v) is 2.44. The first-order valence-corrected chi connectivity index (χ1v) is 5.55. The molecule has 1 unspecified atom stereocenters. The summed E-state index contributed by atoms with van der Waals surface area (Å²) in [6, 6.07) is 0.499. The van der Waals surface area contributed by atoms with Gasteiger partial charge in [-0.1, -0.05) is 26.7 Å². The summed E-state index contributed by atoms with van der Waals surface area (Å²) < 4.78 is 0. The number of amides is 1. The lowest BCUT2D eigenvalue weighted by molar-refractivity contribution is -0.127.